The fourth-order valence-corrected chi connectivity index (χ4v) is 4.85. The zero-order valence-corrected chi connectivity index (χ0v) is 18.7. The number of nitrogens with one attached hydrogen (secondary N) is 1. The zero-order chi connectivity index (χ0) is 22.2. The van der Waals surface area contributed by atoms with E-state index in [9.17, 15) is 0 Å². The van der Waals surface area contributed by atoms with E-state index >= 15 is 0 Å². The van der Waals surface area contributed by atoms with Gasteiger partial charge < -0.3 is 26.4 Å². The molecule has 32 heavy (non-hydrogen) atoms. The predicted molar refractivity (Wildman–Crippen MR) is 133 cm³/mol. The van der Waals surface area contributed by atoms with Crippen LogP contribution in [0.4, 0.5) is 17.2 Å². The minimum Gasteiger partial charge on any atom is -0.495 e. The van der Waals surface area contributed by atoms with E-state index in [2.05, 4.69) is 34.3 Å². The Kier molecular flexibility index (Phi) is 5.35. The molecule has 0 amide bonds. The molecular formula is C25H30N6O. The van der Waals surface area contributed by atoms with Crippen LogP contribution in [-0.2, 0) is 0 Å². The van der Waals surface area contributed by atoms with Crippen molar-refractivity contribution in [1.29, 1.82) is 0 Å². The molecule has 1 aliphatic heterocycles. The van der Waals surface area contributed by atoms with Crippen molar-refractivity contribution < 1.29 is 4.74 Å². The number of nitrogens with zero attached hydrogens (tertiary/aromatic N) is 3. The Morgan fingerprint density at radius 1 is 1.09 bits per heavy atom. The minimum atomic E-state index is 0.479. The van der Waals surface area contributed by atoms with Gasteiger partial charge in [-0.15, -0.1) is 0 Å². The van der Waals surface area contributed by atoms with E-state index in [-0.39, 0.29) is 0 Å². The Hall–Kier alpha value is -3.32. The summed E-state index contributed by atoms with van der Waals surface area (Å²) in [6, 6.07) is 8.06. The summed E-state index contributed by atoms with van der Waals surface area (Å²) < 4.78 is 5.47. The molecule has 0 unspecified atom stereocenters. The first-order valence-corrected chi connectivity index (χ1v) is 11.3. The molecule has 0 radical (unpaired) electrons. The molecule has 0 atom stereocenters. The number of ether oxygens (including phenoxy) is 1. The number of anilines is 3. The number of nitrogen functional groups attached to an aromatic ring is 2. The number of pyridine rings is 2. The number of methoxy groups -OCH3 is 1. The van der Waals surface area contributed by atoms with Gasteiger partial charge in [0.15, 0.2) is 0 Å². The summed E-state index contributed by atoms with van der Waals surface area (Å²) in [6.07, 6.45) is 5.58. The number of hydrogen-bond acceptors (Lipinski definition) is 7. The molecule has 1 saturated heterocycles. The van der Waals surface area contributed by atoms with E-state index < -0.39 is 0 Å². The number of nitrogens with two attached hydrogens (primary N) is 2. The summed E-state index contributed by atoms with van der Waals surface area (Å²) in [5.74, 6) is 1.11. The van der Waals surface area contributed by atoms with E-state index in [0.29, 0.717) is 17.3 Å². The second-order valence-corrected chi connectivity index (χ2v) is 8.62. The van der Waals surface area contributed by atoms with Gasteiger partial charge in [-0.3, -0.25) is 4.98 Å². The van der Waals surface area contributed by atoms with Gasteiger partial charge in [-0.1, -0.05) is 6.07 Å². The molecule has 5 rings (SSSR count). The van der Waals surface area contributed by atoms with Crippen molar-refractivity contribution in [2.75, 3.05) is 50.1 Å². The van der Waals surface area contributed by atoms with Crippen LogP contribution >= 0.6 is 0 Å². The molecule has 3 heterocycles. The molecule has 2 aromatic carbocycles. The lowest BCUT2D eigenvalue weighted by molar-refractivity contribution is 0.337. The summed E-state index contributed by atoms with van der Waals surface area (Å²) in [5.41, 5.74) is 17.0. The Morgan fingerprint density at radius 2 is 1.91 bits per heavy atom. The van der Waals surface area contributed by atoms with Gasteiger partial charge in [-0.2, -0.15) is 0 Å². The van der Waals surface area contributed by atoms with Gasteiger partial charge in [0.2, 0.25) is 0 Å². The van der Waals surface area contributed by atoms with Gasteiger partial charge in [0, 0.05) is 40.0 Å². The number of aromatic nitrogens is 2. The number of aryl methyl sites for hydroxylation is 1. The minimum absolute atomic E-state index is 0.479. The summed E-state index contributed by atoms with van der Waals surface area (Å²) in [7, 11) is 1.62. The average molecular weight is 431 g/mol. The van der Waals surface area contributed by atoms with Crippen LogP contribution in [0.1, 0.15) is 24.8 Å². The smallest absolute Gasteiger partial charge is 0.142 e. The fraction of sp³-hybridized carbons (Fsp3) is 0.360. The standard InChI is InChI=1S/C25H30N6O/c1-15-20(28-8-5-11-31-9-3-4-10-31)7-6-16-23-17-12-22(32-2)19(26)13-21(17)29-14-18(23)25(27)30-24(15)16/h6-7,12-14,28H,3-5,8-11,26H2,1-2H3,(H2,27,30). The van der Waals surface area contributed by atoms with Crippen molar-refractivity contribution in [2.45, 2.75) is 26.2 Å². The van der Waals surface area contributed by atoms with E-state index in [0.717, 1.165) is 63.3 Å². The molecular weight excluding hydrogens is 400 g/mol. The summed E-state index contributed by atoms with van der Waals surface area (Å²) >= 11 is 0. The second-order valence-electron chi connectivity index (χ2n) is 8.62. The molecule has 0 saturated carbocycles. The summed E-state index contributed by atoms with van der Waals surface area (Å²) in [6.45, 7) is 6.68. The molecule has 2 aromatic heterocycles. The van der Waals surface area contributed by atoms with Crippen LogP contribution < -0.4 is 21.5 Å². The Labute approximate surface area is 187 Å². The molecule has 0 spiro atoms. The maximum Gasteiger partial charge on any atom is 0.142 e. The molecule has 1 fully saturated rings. The van der Waals surface area contributed by atoms with E-state index in [1.165, 1.54) is 25.9 Å². The number of hydrogen-bond donors (Lipinski definition) is 3. The van der Waals surface area contributed by atoms with E-state index in [1.54, 1.807) is 13.3 Å². The van der Waals surface area contributed by atoms with Crippen LogP contribution in [0.5, 0.6) is 5.75 Å². The van der Waals surface area contributed by atoms with Crippen LogP contribution in [0.2, 0.25) is 0 Å². The molecule has 7 nitrogen and oxygen atoms in total. The van der Waals surface area contributed by atoms with Gasteiger partial charge in [-0.25, -0.2) is 4.98 Å². The van der Waals surface area contributed by atoms with Crippen LogP contribution in [0.3, 0.4) is 0 Å². The van der Waals surface area contributed by atoms with Crippen molar-refractivity contribution in [3.8, 4) is 5.75 Å². The summed E-state index contributed by atoms with van der Waals surface area (Å²) in [4.78, 5) is 11.9. The lowest BCUT2D eigenvalue weighted by atomic mass is 9.99. The van der Waals surface area contributed by atoms with E-state index in [4.69, 9.17) is 21.2 Å². The van der Waals surface area contributed by atoms with Crippen molar-refractivity contribution in [2.24, 2.45) is 0 Å². The first-order chi connectivity index (χ1) is 15.6. The number of benzene rings is 2. The Morgan fingerprint density at radius 3 is 2.69 bits per heavy atom. The predicted octanol–water partition coefficient (Wildman–Crippen LogP) is 4.32. The van der Waals surface area contributed by atoms with Gasteiger partial charge in [0.1, 0.15) is 11.6 Å². The SMILES string of the molecule is COc1cc2c(cc1N)ncc1c(N)nc3c(C)c(NCCCN4CCCC4)ccc3c12. The first kappa shape index (κ1) is 20.6. The molecule has 5 N–H and O–H groups in total. The van der Waals surface area contributed by atoms with Crippen molar-refractivity contribution in [3.63, 3.8) is 0 Å². The molecule has 0 aliphatic carbocycles. The van der Waals surface area contributed by atoms with E-state index in [1.807, 2.05) is 12.1 Å². The largest absolute Gasteiger partial charge is 0.495 e. The second kappa shape index (κ2) is 8.31. The lowest BCUT2D eigenvalue weighted by Gasteiger charge is -2.17. The van der Waals surface area contributed by atoms with Gasteiger partial charge in [0.25, 0.3) is 0 Å². The van der Waals surface area contributed by atoms with Crippen LogP contribution in [0.25, 0.3) is 32.6 Å². The monoisotopic (exact) mass is 430 g/mol. The highest BCUT2D eigenvalue weighted by Gasteiger charge is 2.16. The Balaban J connectivity index is 1.56. The van der Waals surface area contributed by atoms with Gasteiger partial charge in [0.05, 0.1) is 23.8 Å². The fourth-order valence-electron chi connectivity index (χ4n) is 4.85. The molecule has 7 heteroatoms. The van der Waals surface area contributed by atoms with Crippen molar-refractivity contribution in [3.05, 3.63) is 36.0 Å². The maximum atomic E-state index is 6.39. The first-order valence-electron chi connectivity index (χ1n) is 11.3. The maximum absolute atomic E-state index is 6.39. The molecule has 166 valence electrons. The molecule has 1 aliphatic rings. The topological polar surface area (TPSA) is 102 Å². The van der Waals surface area contributed by atoms with Crippen molar-refractivity contribution >= 4 is 49.8 Å². The highest BCUT2D eigenvalue weighted by atomic mass is 16.5. The number of rotatable bonds is 6. The van der Waals surface area contributed by atoms with Gasteiger partial charge >= 0.3 is 0 Å². The Bertz CT molecular complexity index is 1310. The van der Waals surface area contributed by atoms with Crippen molar-refractivity contribution in [1.82, 2.24) is 14.9 Å². The lowest BCUT2D eigenvalue weighted by Crippen LogP contribution is -2.22. The quantitative estimate of drug-likeness (QED) is 0.238. The number of fused-ring (bicyclic) bond motifs is 5. The van der Waals surface area contributed by atoms with Crippen LogP contribution in [-0.4, -0.2) is 48.2 Å². The third-order valence-corrected chi connectivity index (χ3v) is 6.59. The summed E-state index contributed by atoms with van der Waals surface area (Å²) in [5, 5.41) is 7.47. The van der Waals surface area contributed by atoms with Crippen LogP contribution in [0.15, 0.2) is 30.5 Å². The van der Waals surface area contributed by atoms with Crippen LogP contribution in [0, 0.1) is 6.92 Å². The molecule has 0 bridgehead atoms. The highest BCUT2D eigenvalue weighted by molar-refractivity contribution is 6.22. The van der Waals surface area contributed by atoms with Gasteiger partial charge in [-0.05, 0) is 69.6 Å². The number of likely N-dealkylation sites (tertiary alicyclic amines) is 1. The zero-order valence-electron chi connectivity index (χ0n) is 18.7. The third-order valence-electron chi connectivity index (χ3n) is 6.59. The normalized spacial score (nSPS) is 14.6. The average Bonchev–Trinajstić information content (AvgIpc) is 3.31. The molecule has 4 aromatic rings. The highest BCUT2D eigenvalue weighted by Crippen LogP contribution is 2.38. The third kappa shape index (κ3) is 3.52.